The molecule has 1 aliphatic carbocycles. The third-order valence-corrected chi connectivity index (χ3v) is 4.73. The zero-order chi connectivity index (χ0) is 15.4. The van der Waals surface area contributed by atoms with E-state index in [9.17, 15) is 9.90 Å². The summed E-state index contributed by atoms with van der Waals surface area (Å²) in [7, 11) is 0. The van der Waals surface area contributed by atoms with E-state index in [1.165, 1.54) is 6.08 Å². The molecule has 1 saturated carbocycles. The molecule has 0 bridgehead atoms. The number of benzene rings is 1. The maximum absolute atomic E-state index is 12.0. The van der Waals surface area contributed by atoms with Crippen LogP contribution >= 0.6 is 11.3 Å². The van der Waals surface area contributed by atoms with Gasteiger partial charge in [-0.3, -0.25) is 4.79 Å². The van der Waals surface area contributed by atoms with E-state index in [1.54, 1.807) is 17.4 Å². The van der Waals surface area contributed by atoms with Crippen LogP contribution in [0.25, 0.3) is 6.08 Å². The van der Waals surface area contributed by atoms with Gasteiger partial charge in [-0.1, -0.05) is 30.3 Å². The van der Waals surface area contributed by atoms with Crippen LogP contribution in [0.5, 0.6) is 0 Å². The fourth-order valence-corrected chi connectivity index (χ4v) is 3.22. The third kappa shape index (κ3) is 3.46. The van der Waals surface area contributed by atoms with Gasteiger partial charge in [0.2, 0.25) is 5.91 Å². The van der Waals surface area contributed by atoms with Crippen LogP contribution < -0.4 is 5.32 Å². The number of amides is 1. The molecule has 0 radical (unpaired) electrons. The summed E-state index contributed by atoms with van der Waals surface area (Å²) in [4.78, 5) is 12.0. The maximum atomic E-state index is 12.0. The summed E-state index contributed by atoms with van der Waals surface area (Å²) in [6, 6.07) is 11.6. The standard InChI is InChI=1S/C18H19NO2S/c20-17(9-6-14-10-11-22-12-14)19-13-18(21,16-7-8-16)15-4-2-1-3-5-15/h1-6,9-12,16,21H,7-8,13H2,(H,19,20)/b9-6+. The van der Waals surface area contributed by atoms with E-state index in [0.717, 1.165) is 24.0 Å². The number of aliphatic hydroxyl groups is 1. The van der Waals surface area contributed by atoms with E-state index >= 15 is 0 Å². The van der Waals surface area contributed by atoms with Crippen molar-refractivity contribution in [1.29, 1.82) is 0 Å². The molecule has 1 unspecified atom stereocenters. The predicted molar refractivity (Wildman–Crippen MR) is 89.4 cm³/mol. The molecule has 0 saturated heterocycles. The van der Waals surface area contributed by atoms with Crippen LogP contribution in [0.4, 0.5) is 0 Å². The minimum Gasteiger partial charge on any atom is -0.383 e. The Labute approximate surface area is 134 Å². The van der Waals surface area contributed by atoms with Gasteiger partial charge in [-0.2, -0.15) is 11.3 Å². The van der Waals surface area contributed by atoms with Crippen molar-refractivity contribution in [2.75, 3.05) is 6.54 Å². The normalized spacial score (nSPS) is 17.3. The minimum atomic E-state index is -0.965. The van der Waals surface area contributed by atoms with Gasteiger partial charge >= 0.3 is 0 Å². The Morgan fingerprint density at radius 2 is 2.09 bits per heavy atom. The van der Waals surface area contributed by atoms with Crippen molar-refractivity contribution in [2.24, 2.45) is 5.92 Å². The molecule has 2 aromatic rings. The van der Waals surface area contributed by atoms with E-state index in [1.807, 2.05) is 47.2 Å². The van der Waals surface area contributed by atoms with Crippen molar-refractivity contribution in [2.45, 2.75) is 18.4 Å². The second kappa shape index (κ2) is 6.46. The van der Waals surface area contributed by atoms with Gasteiger partial charge < -0.3 is 10.4 Å². The first-order valence-corrected chi connectivity index (χ1v) is 8.39. The van der Waals surface area contributed by atoms with Crippen LogP contribution in [0.3, 0.4) is 0 Å². The summed E-state index contributed by atoms with van der Waals surface area (Å²) in [6.07, 6.45) is 5.31. The highest BCUT2D eigenvalue weighted by Gasteiger charge is 2.45. The maximum Gasteiger partial charge on any atom is 0.244 e. The molecule has 1 aromatic carbocycles. The van der Waals surface area contributed by atoms with Crippen molar-refractivity contribution >= 4 is 23.3 Å². The average molecular weight is 313 g/mol. The molecule has 22 heavy (non-hydrogen) atoms. The first-order chi connectivity index (χ1) is 10.7. The van der Waals surface area contributed by atoms with Crippen molar-refractivity contribution in [3.63, 3.8) is 0 Å². The molecule has 1 amide bonds. The molecular weight excluding hydrogens is 294 g/mol. The Morgan fingerprint density at radius 3 is 2.73 bits per heavy atom. The zero-order valence-corrected chi connectivity index (χ0v) is 13.1. The highest BCUT2D eigenvalue weighted by molar-refractivity contribution is 7.08. The summed E-state index contributed by atoms with van der Waals surface area (Å²) in [6.45, 7) is 0.245. The van der Waals surface area contributed by atoms with Gasteiger partial charge in [-0.15, -0.1) is 0 Å². The second-order valence-corrected chi connectivity index (χ2v) is 6.45. The van der Waals surface area contributed by atoms with Crippen molar-refractivity contribution in [1.82, 2.24) is 5.32 Å². The molecule has 1 fully saturated rings. The number of carbonyl (C=O) groups excluding carboxylic acids is 1. The molecular formula is C18H19NO2S. The minimum absolute atomic E-state index is 0.179. The van der Waals surface area contributed by atoms with E-state index in [2.05, 4.69) is 5.32 Å². The Hall–Kier alpha value is -1.91. The van der Waals surface area contributed by atoms with E-state index in [-0.39, 0.29) is 18.4 Å². The van der Waals surface area contributed by atoms with Crippen LogP contribution in [0.2, 0.25) is 0 Å². The summed E-state index contributed by atoms with van der Waals surface area (Å²) >= 11 is 1.60. The number of hydrogen-bond donors (Lipinski definition) is 2. The summed E-state index contributed by atoms with van der Waals surface area (Å²) in [5.74, 6) is 0.0530. The van der Waals surface area contributed by atoms with E-state index in [0.29, 0.717) is 0 Å². The highest BCUT2D eigenvalue weighted by Crippen LogP contribution is 2.45. The van der Waals surface area contributed by atoms with Gasteiger partial charge in [0.05, 0.1) is 6.54 Å². The lowest BCUT2D eigenvalue weighted by atomic mass is 9.88. The third-order valence-electron chi connectivity index (χ3n) is 4.03. The summed E-state index contributed by atoms with van der Waals surface area (Å²) < 4.78 is 0. The van der Waals surface area contributed by atoms with Crippen molar-refractivity contribution < 1.29 is 9.90 Å². The number of hydrogen-bond acceptors (Lipinski definition) is 3. The second-order valence-electron chi connectivity index (χ2n) is 5.67. The van der Waals surface area contributed by atoms with Gasteiger partial charge in [-0.25, -0.2) is 0 Å². The first-order valence-electron chi connectivity index (χ1n) is 7.44. The molecule has 0 aliphatic heterocycles. The van der Waals surface area contributed by atoms with Gasteiger partial charge in [0.25, 0.3) is 0 Å². The number of carbonyl (C=O) groups is 1. The van der Waals surface area contributed by atoms with E-state index < -0.39 is 5.60 Å². The van der Waals surface area contributed by atoms with Gasteiger partial charge in [0.15, 0.2) is 0 Å². The lowest BCUT2D eigenvalue weighted by molar-refractivity contribution is -0.118. The number of rotatable bonds is 6. The molecule has 0 spiro atoms. The lowest BCUT2D eigenvalue weighted by Gasteiger charge is -2.29. The van der Waals surface area contributed by atoms with Gasteiger partial charge in [0.1, 0.15) is 5.60 Å². The van der Waals surface area contributed by atoms with Crippen LogP contribution in [-0.2, 0) is 10.4 Å². The Kier molecular flexibility index (Phi) is 4.41. The van der Waals surface area contributed by atoms with E-state index in [4.69, 9.17) is 0 Å². The quantitative estimate of drug-likeness (QED) is 0.805. The molecule has 3 rings (SSSR count). The molecule has 1 atom stereocenters. The van der Waals surface area contributed by atoms with Crippen molar-refractivity contribution in [3.05, 3.63) is 64.4 Å². The Morgan fingerprint density at radius 1 is 1.32 bits per heavy atom. The summed E-state index contributed by atoms with van der Waals surface area (Å²) in [5.41, 5.74) is 0.924. The predicted octanol–water partition coefficient (Wildman–Crippen LogP) is 3.18. The summed E-state index contributed by atoms with van der Waals surface area (Å²) in [5, 5.41) is 17.8. The fraction of sp³-hybridized carbons (Fsp3) is 0.278. The largest absolute Gasteiger partial charge is 0.383 e. The average Bonchev–Trinajstić information content (AvgIpc) is 3.29. The fourth-order valence-electron chi connectivity index (χ4n) is 2.59. The van der Waals surface area contributed by atoms with Gasteiger partial charge in [-0.05, 0) is 52.8 Å². The van der Waals surface area contributed by atoms with Crippen molar-refractivity contribution in [3.8, 4) is 0 Å². The van der Waals surface area contributed by atoms with Crippen LogP contribution in [0.15, 0.2) is 53.2 Å². The van der Waals surface area contributed by atoms with Crippen LogP contribution in [0.1, 0.15) is 24.0 Å². The highest BCUT2D eigenvalue weighted by atomic mass is 32.1. The lowest BCUT2D eigenvalue weighted by Crippen LogP contribution is -2.42. The van der Waals surface area contributed by atoms with Gasteiger partial charge in [0, 0.05) is 6.08 Å². The topological polar surface area (TPSA) is 49.3 Å². The molecule has 1 aromatic heterocycles. The molecule has 114 valence electrons. The molecule has 3 nitrogen and oxygen atoms in total. The molecule has 1 aliphatic rings. The molecule has 4 heteroatoms. The molecule has 1 heterocycles. The zero-order valence-electron chi connectivity index (χ0n) is 12.2. The first kappa shape index (κ1) is 15.0. The van der Waals surface area contributed by atoms with Crippen LogP contribution in [-0.4, -0.2) is 17.6 Å². The monoisotopic (exact) mass is 313 g/mol. The van der Waals surface area contributed by atoms with Crippen LogP contribution in [0, 0.1) is 5.92 Å². The smallest absolute Gasteiger partial charge is 0.244 e. The number of nitrogens with one attached hydrogen (secondary N) is 1. The molecule has 2 N–H and O–H groups in total. The number of thiophene rings is 1. The SMILES string of the molecule is O=C(/C=C/c1ccsc1)NCC(O)(c1ccccc1)C1CC1. The Balaban J connectivity index is 1.64. The Bertz CT molecular complexity index is 647.